The summed E-state index contributed by atoms with van der Waals surface area (Å²) in [6, 6.07) is 5.71. The molecular formula is C10H13NNaO5S2. The van der Waals surface area contributed by atoms with Crippen molar-refractivity contribution in [2.45, 2.75) is 4.90 Å². The molecule has 1 aliphatic heterocycles. The normalized spacial score (nSPS) is 18.7. The maximum absolute atomic E-state index is 11.3. The van der Waals surface area contributed by atoms with Crippen LogP contribution in [0.2, 0.25) is 0 Å². The van der Waals surface area contributed by atoms with E-state index in [4.69, 9.17) is 4.55 Å². The Hall–Kier alpha value is -0.120. The Morgan fingerprint density at radius 1 is 1.05 bits per heavy atom. The molecule has 0 unspecified atom stereocenters. The Morgan fingerprint density at radius 3 is 1.95 bits per heavy atom. The molecule has 1 N–H and O–H groups in total. The molecule has 0 aromatic heterocycles. The summed E-state index contributed by atoms with van der Waals surface area (Å²) in [5.74, 6) is 0.208. The molecule has 9 heteroatoms. The molecule has 0 aliphatic carbocycles. The SMILES string of the molecule is O=S1(=O)CCN(c2ccc(S(=O)(=O)O)cc2)CC1.[Na]. The van der Waals surface area contributed by atoms with Gasteiger partial charge in [0.25, 0.3) is 10.1 Å². The monoisotopic (exact) mass is 314 g/mol. The van der Waals surface area contributed by atoms with E-state index in [2.05, 4.69) is 0 Å². The average molecular weight is 314 g/mol. The van der Waals surface area contributed by atoms with Gasteiger partial charge in [-0.2, -0.15) is 8.42 Å². The summed E-state index contributed by atoms with van der Waals surface area (Å²) in [7, 11) is -7.12. The molecular weight excluding hydrogens is 301 g/mol. The number of hydrogen-bond acceptors (Lipinski definition) is 5. The van der Waals surface area contributed by atoms with Crippen LogP contribution >= 0.6 is 0 Å². The van der Waals surface area contributed by atoms with E-state index in [1.165, 1.54) is 12.1 Å². The Balaban J connectivity index is 0.00000180. The molecule has 1 heterocycles. The van der Waals surface area contributed by atoms with Crippen LogP contribution < -0.4 is 4.90 Å². The Morgan fingerprint density at radius 2 is 1.53 bits per heavy atom. The summed E-state index contributed by atoms with van der Waals surface area (Å²) in [4.78, 5) is 1.70. The molecule has 1 radical (unpaired) electrons. The number of benzene rings is 1. The van der Waals surface area contributed by atoms with Crippen molar-refractivity contribution in [2.24, 2.45) is 0 Å². The first kappa shape index (κ1) is 16.9. The van der Waals surface area contributed by atoms with Gasteiger partial charge in [0.15, 0.2) is 9.84 Å². The first-order chi connectivity index (χ1) is 8.28. The van der Waals surface area contributed by atoms with Gasteiger partial charge in [0.2, 0.25) is 0 Å². The van der Waals surface area contributed by atoms with Crippen molar-refractivity contribution in [1.29, 1.82) is 0 Å². The first-order valence-electron chi connectivity index (χ1n) is 5.31. The zero-order chi connectivity index (χ0) is 13.4. The topological polar surface area (TPSA) is 91.8 Å². The van der Waals surface area contributed by atoms with Crippen LogP contribution in [0.15, 0.2) is 29.2 Å². The van der Waals surface area contributed by atoms with E-state index in [1.54, 1.807) is 12.1 Å². The van der Waals surface area contributed by atoms with Crippen LogP contribution in [0, 0.1) is 0 Å². The Bertz CT molecular complexity index is 625. The van der Waals surface area contributed by atoms with Crippen LogP contribution in [0.25, 0.3) is 0 Å². The van der Waals surface area contributed by atoms with Crippen molar-refractivity contribution in [3.63, 3.8) is 0 Å². The number of rotatable bonds is 2. The van der Waals surface area contributed by atoms with Gasteiger partial charge < -0.3 is 4.90 Å². The van der Waals surface area contributed by atoms with Crippen LogP contribution in [0.4, 0.5) is 5.69 Å². The molecule has 1 aromatic rings. The van der Waals surface area contributed by atoms with E-state index < -0.39 is 20.0 Å². The summed E-state index contributed by atoms with van der Waals surface area (Å²) in [5, 5.41) is 0. The minimum Gasteiger partial charge on any atom is -0.369 e. The number of sulfone groups is 1. The van der Waals surface area contributed by atoms with Gasteiger partial charge in [-0.1, -0.05) is 0 Å². The van der Waals surface area contributed by atoms with Crippen molar-refractivity contribution < 1.29 is 21.4 Å². The van der Waals surface area contributed by atoms with Gasteiger partial charge in [-0.3, -0.25) is 4.55 Å². The van der Waals surface area contributed by atoms with Crippen LogP contribution in [-0.2, 0) is 20.0 Å². The third-order valence-corrected chi connectivity index (χ3v) is 5.32. The molecule has 19 heavy (non-hydrogen) atoms. The molecule has 0 saturated carbocycles. The Kier molecular flexibility index (Phi) is 5.44. The van der Waals surface area contributed by atoms with Gasteiger partial charge in [-0.25, -0.2) is 8.42 Å². The van der Waals surface area contributed by atoms with Gasteiger partial charge in [0.1, 0.15) is 0 Å². The summed E-state index contributed by atoms with van der Waals surface area (Å²) < 4.78 is 53.1. The van der Waals surface area contributed by atoms with Gasteiger partial charge in [-0.05, 0) is 24.3 Å². The van der Waals surface area contributed by atoms with E-state index in [0.29, 0.717) is 13.1 Å². The van der Waals surface area contributed by atoms with Gasteiger partial charge >= 0.3 is 0 Å². The molecule has 0 spiro atoms. The van der Waals surface area contributed by atoms with Crippen molar-refractivity contribution in [3.8, 4) is 0 Å². The van der Waals surface area contributed by atoms with Crippen LogP contribution in [0.1, 0.15) is 0 Å². The van der Waals surface area contributed by atoms with Crippen LogP contribution in [-0.4, -0.2) is 75.5 Å². The number of nitrogens with zero attached hydrogens (tertiary/aromatic N) is 1. The maximum atomic E-state index is 11.3. The van der Waals surface area contributed by atoms with Crippen molar-refractivity contribution >= 4 is 55.2 Å². The van der Waals surface area contributed by atoms with Gasteiger partial charge in [0.05, 0.1) is 16.4 Å². The summed E-state index contributed by atoms with van der Waals surface area (Å²) in [6.07, 6.45) is 0. The first-order valence-corrected chi connectivity index (χ1v) is 8.57. The fraction of sp³-hybridized carbons (Fsp3) is 0.400. The second kappa shape index (κ2) is 6.11. The quantitative estimate of drug-likeness (QED) is 0.600. The van der Waals surface area contributed by atoms with Gasteiger partial charge in [0, 0.05) is 48.3 Å². The number of hydrogen-bond donors (Lipinski definition) is 1. The molecule has 2 rings (SSSR count). The zero-order valence-corrected chi connectivity index (χ0v) is 14.1. The van der Waals surface area contributed by atoms with Crippen molar-refractivity contribution in [3.05, 3.63) is 24.3 Å². The molecule has 101 valence electrons. The van der Waals surface area contributed by atoms with E-state index in [1.807, 2.05) is 4.90 Å². The fourth-order valence-corrected chi connectivity index (χ4v) is 3.48. The van der Waals surface area contributed by atoms with Crippen molar-refractivity contribution in [2.75, 3.05) is 29.5 Å². The fourth-order valence-electron chi connectivity index (χ4n) is 1.80. The van der Waals surface area contributed by atoms with Crippen LogP contribution in [0.5, 0.6) is 0 Å². The summed E-state index contributed by atoms with van der Waals surface area (Å²) in [5.41, 5.74) is 0.748. The smallest absolute Gasteiger partial charge is 0.294 e. The predicted molar refractivity (Wildman–Crippen MR) is 72.9 cm³/mol. The zero-order valence-electron chi connectivity index (χ0n) is 10.5. The minimum atomic E-state index is -4.18. The van der Waals surface area contributed by atoms with Crippen molar-refractivity contribution in [1.82, 2.24) is 0 Å². The Labute approximate surface area is 134 Å². The molecule has 1 fully saturated rings. The average Bonchev–Trinajstić information content (AvgIpc) is 2.28. The maximum Gasteiger partial charge on any atom is 0.294 e. The summed E-state index contributed by atoms with van der Waals surface area (Å²) >= 11 is 0. The molecule has 1 saturated heterocycles. The molecule has 1 aliphatic rings. The molecule has 1 aromatic carbocycles. The molecule has 0 atom stereocenters. The van der Waals surface area contributed by atoms with E-state index >= 15 is 0 Å². The predicted octanol–water partition coefficient (Wildman–Crippen LogP) is -0.213. The van der Waals surface area contributed by atoms with E-state index in [-0.39, 0.29) is 46.0 Å². The number of anilines is 1. The molecule has 0 amide bonds. The minimum absolute atomic E-state index is 0. The molecule has 0 bridgehead atoms. The van der Waals surface area contributed by atoms with Gasteiger partial charge in [-0.15, -0.1) is 0 Å². The van der Waals surface area contributed by atoms with E-state index in [0.717, 1.165) is 5.69 Å². The standard InChI is InChI=1S/C10H13NO5S2.Na/c12-17(13)7-5-11(6-8-17)9-1-3-10(4-2-9)18(14,15)16;/h1-4H,5-8H2,(H,14,15,16);. The van der Waals surface area contributed by atoms with E-state index in [9.17, 15) is 16.8 Å². The van der Waals surface area contributed by atoms with Crippen LogP contribution in [0.3, 0.4) is 0 Å². The largest absolute Gasteiger partial charge is 0.369 e. The second-order valence-corrected chi connectivity index (χ2v) is 7.83. The third-order valence-electron chi connectivity index (χ3n) is 2.84. The third kappa shape index (κ3) is 4.44. The second-order valence-electron chi connectivity index (χ2n) is 4.11. The molecule has 6 nitrogen and oxygen atoms in total. The summed E-state index contributed by atoms with van der Waals surface area (Å²) in [6.45, 7) is 0.793.